The molecule has 3 heteroatoms. The van der Waals surface area contributed by atoms with Gasteiger partial charge in [0.2, 0.25) is 5.91 Å². The summed E-state index contributed by atoms with van der Waals surface area (Å²) < 4.78 is 0. The Labute approximate surface area is 74.3 Å². The molecule has 1 amide bonds. The molecule has 0 saturated heterocycles. The van der Waals surface area contributed by atoms with E-state index in [1.807, 2.05) is 13.8 Å². The predicted octanol–water partition coefficient (Wildman–Crippen LogP) is 2.05. The third-order valence-corrected chi connectivity index (χ3v) is 1.92. The van der Waals surface area contributed by atoms with E-state index in [0.29, 0.717) is 11.5 Å². The maximum atomic E-state index is 11.1. The van der Waals surface area contributed by atoms with Crippen LogP contribution in [0.1, 0.15) is 40.0 Å². The van der Waals surface area contributed by atoms with Gasteiger partial charge in [0.1, 0.15) is 0 Å². The number of nitrogens with zero attached hydrogens (tertiary/aromatic N) is 1. The van der Waals surface area contributed by atoms with Crippen molar-refractivity contribution in [3.8, 4) is 0 Å². The normalized spacial score (nSPS) is 11.4. The number of carbonyl (C=O) groups excluding carboxylic acids is 1. The highest BCUT2D eigenvalue weighted by atomic mass is 16.5. The smallest absolute Gasteiger partial charge is 0.246 e. The highest BCUT2D eigenvalue weighted by molar-refractivity contribution is 5.75. The van der Waals surface area contributed by atoms with E-state index >= 15 is 0 Å². The summed E-state index contributed by atoms with van der Waals surface area (Å²) in [4.78, 5) is 11.1. The zero-order chi connectivity index (χ0) is 9.78. The van der Waals surface area contributed by atoms with Crippen molar-refractivity contribution < 1.29 is 10.0 Å². The SMILES string of the molecule is CCCC(C)(C)CC(=O)N(C)O. The Kier molecular flexibility index (Phi) is 4.24. The van der Waals surface area contributed by atoms with Crippen LogP contribution in [0.3, 0.4) is 0 Å². The lowest BCUT2D eigenvalue weighted by Gasteiger charge is -2.24. The zero-order valence-corrected chi connectivity index (χ0v) is 8.42. The number of carbonyl (C=O) groups is 1. The number of hydroxylamine groups is 2. The molecule has 0 radical (unpaired) electrons. The van der Waals surface area contributed by atoms with Gasteiger partial charge in [-0.2, -0.15) is 0 Å². The summed E-state index contributed by atoms with van der Waals surface area (Å²) in [5.41, 5.74) is 0.00280. The predicted molar refractivity (Wildman–Crippen MR) is 47.9 cm³/mol. The fraction of sp³-hybridized carbons (Fsp3) is 0.889. The minimum absolute atomic E-state index is 0.00280. The Morgan fingerprint density at radius 3 is 2.33 bits per heavy atom. The second-order valence-electron chi connectivity index (χ2n) is 4.01. The van der Waals surface area contributed by atoms with Crippen LogP contribution in [0.25, 0.3) is 0 Å². The molecule has 0 aliphatic rings. The molecule has 0 aromatic carbocycles. The molecule has 0 saturated carbocycles. The second-order valence-corrected chi connectivity index (χ2v) is 4.01. The first-order chi connectivity index (χ1) is 5.39. The van der Waals surface area contributed by atoms with E-state index in [0.717, 1.165) is 12.8 Å². The minimum atomic E-state index is -0.214. The van der Waals surface area contributed by atoms with Crippen LogP contribution < -0.4 is 0 Å². The molecule has 0 rings (SSSR count). The van der Waals surface area contributed by atoms with E-state index in [1.165, 1.54) is 7.05 Å². The average molecular weight is 173 g/mol. The van der Waals surface area contributed by atoms with Gasteiger partial charge in [0.15, 0.2) is 0 Å². The third-order valence-electron chi connectivity index (χ3n) is 1.92. The van der Waals surface area contributed by atoms with Crippen LogP contribution in [0, 0.1) is 5.41 Å². The Hall–Kier alpha value is -0.570. The van der Waals surface area contributed by atoms with E-state index in [1.54, 1.807) is 0 Å². The van der Waals surface area contributed by atoms with Gasteiger partial charge in [-0.3, -0.25) is 10.0 Å². The fourth-order valence-corrected chi connectivity index (χ4v) is 1.29. The monoisotopic (exact) mass is 173 g/mol. The van der Waals surface area contributed by atoms with E-state index in [-0.39, 0.29) is 11.3 Å². The number of hydrogen-bond donors (Lipinski definition) is 1. The van der Waals surface area contributed by atoms with Gasteiger partial charge in [0, 0.05) is 13.5 Å². The highest BCUT2D eigenvalue weighted by Crippen LogP contribution is 2.26. The number of amides is 1. The van der Waals surface area contributed by atoms with E-state index < -0.39 is 0 Å². The molecule has 0 aromatic rings. The summed E-state index contributed by atoms with van der Waals surface area (Å²) in [6, 6.07) is 0. The lowest BCUT2D eigenvalue weighted by Crippen LogP contribution is -2.28. The number of rotatable bonds is 4. The lowest BCUT2D eigenvalue weighted by atomic mass is 9.84. The van der Waals surface area contributed by atoms with Crippen molar-refractivity contribution in [2.24, 2.45) is 5.41 Å². The Morgan fingerprint density at radius 2 is 2.00 bits per heavy atom. The van der Waals surface area contributed by atoms with Crippen molar-refractivity contribution in [2.75, 3.05) is 7.05 Å². The van der Waals surface area contributed by atoms with E-state index in [4.69, 9.17) is 5.21 Å². The van der Waals surface area contributed by atoms with Gasteiger partial charge in [-0.15, -0.1) is 0 Å². The Bertz CT molecular complexity index is 153. The van der Waals surface area contributed by atoms with Gasteiger partial charge >= 0.3 is 0 Å². The maximum Gasteiger partial charge on any atom is 0.246 e. The molecule has 0 aliphatic carbocycles. The van der Waals surface area contributed by atoms with Crippen LogP contribution in [0.4, 0.5) is 0 Å². The molecule has 0 bridgehead atoms. The van der Waals surface area contributed by atoms with Crippen LogP contribution in [0.5, 0.6) is 0 Å². The summed E-state index contributed by atoms with van der Waals surface area (Å²) >= 11 is 0. The molecule has 3 nitrogen and oxygen atoms in total. The van der Waals surface area contributed by atoms with Crippen molar-refractivity contribution in [1.29, 1.82) is 0 Å². The van der Waals surface area contributed by atoms with Crippen molar-refractivity contribution in [1.82, 2.24) is 5.06 Å². The fourth-order valence-electron chi connectivity index (χ4n) is 1.29. The van der Waals surface area contributed by atoms with Crippen molar-refractivity contribution in [3.63, 3.8) is 0 Å². The zero-order valence-electron chi connectivity index (χ0n) is 8.42. The van der Waals surface area contributed by atoms with Gasteiger partial charge in [-0.25, -0.2) is 5.06 Å². The molecule has 0 unspecified atom stereocenters. The Balaban J connectivity index is 3.96. The van der Waals surface area contributed by atoms with Crippen LogP contribution in [0.2, 0.25) is 0 Å². The highest BCUT2D eigenvalue weighted by Gasteiger charge is 2.22. The first kappa shape index (κ1) is 11.4. The summed E-state index contributed by atoms with van der Waals surface area (Å²) in [7, 11) is 1.37. The van der Waals surface area contributed by atoms with Crippen LogP contribution >= 0.6 is 0 Å². The molecular weight excluding hydrogens is 154 g/mol. The van der Waals surface area contributed by atoms with Crippen molar-refractivity contribution >= 4 is 5.91 Å². The molecule has 0 aliphatic heterocycles. The molecule has 0 aromatic heterocycles. The van der Waals surface area contributed by atoms with Crippen molar-refractivity contribution in [2.45, 2.75) is 40.0 Å². The van der Waals surface area contributed by atoms with Crippen LogP contribution in [-0.2, 0) is 4.79 Å². The summed E-state index contributed by atoms with van der Waals surface area (Å²) in [6.45, 7) is 6.17. The standard InChI is InChI=1S/C9H19NO2/c1-5-6-9(2,3)7-8(11)10(4)12/h12H,5-7H2,1-4H3. The van der Waals surface area contributed by atoms with Gasteiger partial charge < -0.3 is 0 Å². The van der Waals surface area contributed by atoms with Gasteiger partial charge in [0.05, 0.1) is 0 Å². The molecular formula is C9H19NO2. The molecule has 1 N–H and O–H groups in total. The summed E-state index contributed by atoms with van der Waals surface area (Å²) in [5.74, 6) is -0.214. The lowest BCUT2D eigenvalue weighted by molar-refractivity contribution is -0.161. The third kappa shape index (κ3) is 4.34. The van der Waals surface area contributed by atoms with Crippen LogP contribution in [0.15, 0.2) is 0 Å². The van der Waals surface area contributed by atoms with Gasteiger partial charge in [-0.1, -0.05) is 27.2 Å². The largest absolute Gasteiger partial charge is 0.286 e. The van der Waals surface area contributed by atoms with Gasteiger partial charge in [-0.05, 0) is 11.8 Å². The van der Waals surface area contributed by atoms with Crippen LogP contribution in [-0.4, -0.2) is 23.2 Å². The Morgan fingerprint density at radius 1 is 1.50 bits per heavy atom. The van der Waals surface area contributed by atoms with E-state index in [9.17, 15) is 4.79 Å². The first-order valence-corrected chi connectivity index (χ1v) is 4.34. The van der Waals surface area contributed by atoms with Crippen molar-refractivity contribution in [3.05, 3.63) is 0 Å². The molecule has 0 heterocycles. The summed E-state index contributed by atoms with van der Waals surface area (Å²) in [6.07, 6.45) is 2.48. The molecule has 0 spiro atoms. The summed E-state index contributed by atoms with van der Waals surface area (Å²) in [5, 5.41) is 9.50. The van der Waals surface area contributed by atoms with Gasteiger partial charge in [0.25, 0.3) is 0 Å². The second kappa shape index (κ2) is 4.45. The molecule has 72 valence electrons. The molecule has 12 heavy (non-hydrogen) atoms. The molecule has 0 fully saturated rings. The van der Waals surface area contributed by atoms with E-state index in [2.05, 4.69) is 6.92 Å². The quantitative estimate of drug-likeness (QED) is 0.522. The first-order valence-electron chi connectivity index (χ1n) is 4.34. The minimum Gasteiger partial charge on any atom is -0.286 e. The maximum absolute atomic E-state index is 11.1. The average Bonchev–Trinajstić information content (AvgIpc) is 1.85. The topological polar surface area (TPSA) is 40.5 Å². The number of hydrogen-bond acceptors (Lipinski definition) is 2. The molecule has 0 atom stereocenters.